The van der Waals surface area contributed by atoms with Gasteiger partial charge >= 0.3 is 0 Å². The molecular weight excluding hydrogens is 222 g/mol. The maximum absolute atomic E-state index is 12.2. The summed E-state index contributed by atoms with van der Waals surface area (Å²) in [6, 6.07) is 0. The monoisotopic (exact) mass is 253 g/mol. The number of ketones is 1. The van der Waals surface area contributed by atoms with Gasteiger partial charge in [-0.25, -0.2) is 0 Å². The molecule has 0 bridgehead atoms. The highest BCUT2D eigenvalue weighted by Gasteiger charge is 2.32. The van der Waals surface area contributed by atoms with Crippen LogP contribution in [0.15, 0.2) is 0 Å². The van der Waals surface area contributed by atoms with Crippen LogP contribution in [0, 0.1) is 0 Å². The van der Waals surface area contributed by atoms with E-state index in [-0.39, 0.29) is 5.54 Å². The van der Waals surface area contributed by atoms with Crippen molar-refractivity contribution in [3.8, 4) is 0 Å². The molecule has 1 unspecified atom stereocenters. The average molecular weight is 253 g/mol. The Labute approximate surface area is 113 Å². The van der Waals surface area contributed by atoms with E-state index in [0.717, 1.165) is 25.8 Å². The third kappa shape index (κ3) is 5.51. The molecule has 1 fully saturated rings. The molecule has 0 aliphatic carbocycles. The number of carbonyl (C=O) groups excluding carboxylic acids is 1. The van der Waals surface area contributed by atoms with E-state index in [9.17, 15) is 4.79 Å². The van der Waals surface area contributed by atoms with E-state index in [4.69, 9.17) is 0 Å². The molecule has 0 amide bonds. The van der Waals surface area contributed by atoms with Crippen molar-refractivity contribution in [2.75, 3.05) is 6.54 Å². The van der Waals surface area contributed by atoms with Crippen molar-refractivity contribution in [3.63, 3.8) is 0 Å². The number of piperidine rings is 1. The Morgan fingerprint density at radius 2 is 1.72 bits per heavy atom. The van der Waals surface area contributed by atoms with Crippen molar-refractivity contribution in [1.29, 1.82) is 0 Å². The maximum atomic E-state index is 12.2. The van der Waals surface area contributed by atoms with Crippen LogP contribution < -0.4 is 5.32 Å². The van der Waals surface area contributed by atoms with E-state index in [0.29, 0.717) is 5.78 Å². The topological polar surface area (TPSA) is 29.1 Å². The van der Waals surface area contributed by atoms with Gasteiger partial charge in [-0.3, -0.25) is 4.79 Å². The van der Waals surface area contributed by atoms with Gasteiger partial charge in [0, 0.05) is 6.42 Å². The fourth-order valence-electron chi connectivity index (χ4n) is 2.81. The first-order valence-corrected chi connectivity index (χ1v) is 7.97. The molecule has 0 spiro atoms. The summed E-state index contributed by atoms with van der Waals surface area (Å²) in [6.45, 7) is 5.35. The number of Topliss-reactive ketones (excluding diaryl/α,β-unsaturated/α-hetero) is 1. The van der Waals surface area contributed by atoms with Gasteiger partial charge in [-0.15, -0.1) is 0 Å². The van der Waals surface area contributed by atoms with Gasteiger partial charge in [0.05, 0.1) is 5.54 Å². The SMILES string of the molecule is CCCCCCCCCC(=O)C1(C)CCCCN1. The first kappa shape index (κ1) is 15.7. The largest absolute Gasteiger partial charge is 0.305 e. The molecule has 2 heteroatoms. The number of hydrogen-bond donors (Lipinski definition) is 1. The van der Waals surface area contributed by atoms with Crippen molar-refractivity contribution in [2.45, 2.75) is 90.0 Å². The molecule has 2 nitrogen and oxygen atoms in total. The summed E-state index contributed by atoms with van der Waals surface area (Å²) in [4.78, 5) is 12.2. The zero-order valence-electron chi connectivity index (χ0n) is 12.4. The van der Waals surface area contributed by atoms with Crippen LogP contribution in [0.2, 0.25) is 0 Å². The van der Waals surface area contributed by atoms with E-state index in [1.54, 1.807) is 0 Å². The van der Waals surface area contributed by atoms with Gasteiger partial charge in [0.1, 0.15) is 0 Å². The van der Waals surface area contributed by atoms with Gasteiger partial charge in [0.25, 0.3) is 0 Å². The lowest BCUT2D eigenvalue weighted by Crippen LogP contribution is -2.52. The average Bonchev–Trinajstić information content (AvgIpc) is 2.38. The normalized spacial score (nSPS) is 24.1. The fourth-order valence-corrected chi connectivity index (χ4v) is 2.81. The third-order valence-corrected chi connectivity index (χ3v) is 4.24. The van der Waals surface area contributed by atoms with E-state index < -0.39 is 0 Å². The second-order valence-electron chi connectivity index (χ2n) is 6.01. The predicted molar refractivity (Wildman–Crippen MR) is 77.9 cm³/mol. The van der Waals surface area contributed by atoms with Gasteiger partial charge in [-0.1, -0.05) is 45.4 Å². The molecule has 0 saturated carbocycles. The second kappa shape index (κ2) is 8.68. The van der Waals surface area contributed by atoms with Gasteiger partial charge in [0.15, 0.2) is 5.78 Å². The smallest absolute Gasteiger partial charge is 0.152 e. The summed E-state index contributed by atoms with van der Waals surface area (Å²) in [5.74, 6) is 0.441. The summed E-state index contributed by atoms with van der Waals surface area (Å²) in [7, 11) is 0. The Kier molecular flexibility index (Phi) is 7.57. The Morgan fingerprint density at radius 1 is 1.06 bits per heavy atom. The summed E-state index contributed by atoms with van der Waals surface area (Å²) < 4.78 is 0. The Hall–Kier alpha value is -0.370. The molecule has 1 rings (SSSR count). The molecule has 18 heavy (non-hydrogen) atoms. The zero-order chi connectivity index (χ0) is 13.3. The van der Waals surface area contributed by atoms with Gasteiger partial charge in [0.2, 0.25) is 0 Å². The minimum absolute atomic E-state index is 0.208. The molecule has 0 radical (unpaired) electrons. The molecular formula is C16H31NO. The van der Waals surface area contributed by atoms with Crippen LogP contribution in [0.4, 0.5) is 0 Å². The predicted octanol–water partition coefficient (Wildman–Crippen LogP) is 4.23. The second-order valence-corrected chi connectivity index (χ2v) is 6.01. The fraction of sp³-hybridized carbons (Fsp3) is 0.938. The Balaban J connectivity index is 2.05. The summed E-state index contributed by atoms with van der Waals surface area (Å²) in [5, 5.41) is 3.41. The molecule has 1 heterocycles. The van der Waals surface area contributed by atoms with E-state index in [1.807, 2.05) is 0 Å². The van der Waals surface area contributed by atoms with Gasteiger partial charge < -0.3 is 5.32 Å². The summed E-state index contributed by atoms with van der Waals surface area (Å²) >= 11 is 0. The number of unbranched alkanes of at least 4 members (excludes halogenated alkanes) is 6. The van der Waals surface area contributed by atoms with Crippen molar-refractivity contribution >= 4 is 5.78 Å². The van der Waals surface area contributed by atoms with Gasteiger partial charge in [-0.05, 0) is 39.2 Å². The molecule has 1 atom stereocenters. The van der Waals surface area contributed by atoms with Crippen LogP contribution in [0.1, 0.15) is 84.5 Å². The quantitative estimate of drug-likeness (QED) is 0.623. The number of nitrogens with one attached hydrogen (secondary N) is 1. The summed E-state index contributed by atoms with van der Waals surface area (Å²) in [5.41, 5.74) is -0.208. The highest BCUT2D eigenvalue weighted by molar-refractivity contribution is 5.88. The van der Waals surface area contributed by atoms with Crippen molar-refractivity contribution in [1.82, 2.24) is 5.32 Å². The lowest BCUT2D eigenvalue weighted by atomic mass is 9.84. The molecule has 0 aromatic carbocycles. The molecule has 1 saturated heterocycles. The highest BCUT2D eigenvalue weighted by atomic mass is 16.1. The van der Waals surface area contributed by atoms with Crippen LogP contribution in [0.5, 0.6) is 0 Å². The van der Waals surface area contributed by atoms with E-state index >= 15 is 0 Å². The Morgan fingerprint density at radius 3 is 2.33 bits per heavy atom. The van der Waals surface area contributed by atoms with Crippen molar-refractivity contribution in [2.24, 2.45) is 0 Å². The van der Waals surface area contributed by atoms with Crippen molar-refractivity contribution in [3.05, 3.63) is 0 Å². The minimum Gasteiger partial charge on any atom is -0.305 e. The first-order valence-electron chi connectivity index (χ1n) is 7.97. The first-order chi connectivity index (χ1) is 8.69. The molecule has 1 aliphatic rings. The molecule has 1 N–H and O–H groups in total. The number of rotatable bonds is 9. The van der Waals surface area contributed by atoms with Gasteiger partial charge in [-0.2, -0.15) is 0 Å². The maximum Gasteiger partial charge on any atom is 0.152 e. The number of carbonyl (C=O) groups is 1. The molecule has 0 aromatic rings. The lowest BCUT2D eigenvalue weighted by Gasteiger charge is -2.33. The summed E-state index contributed by atoms with van der Waals surface area (Å²) in [6.07, 6.45) is 13.2. The van der Waals surface area contributed by atoms with Crippen molar-refractivity contribution < 1.29 is 4.79 Å². The third-order valence-electron chi connectivity index (χ3n) is 4.24. The van der Waals surface area contributed by atoms with E-state index in [2.05, 4.69) is 19.2 Å². The minimum atomic E-state index is -0.208. The molecule has 0 aromatic heterocycles. The number of hydrogen-bond acceptors (Lipinski definition) is 2. The Bertz CT molecular complexity index is 231. The molecule has 1 aliphatic heterocycles. The highest BCUT2D eigenvalue weighted by Crippen LogP contribution is 2.22. The molecule has 106 valence electrons. The standard InChI is InChI=1S/C16H31NO/c1-3-4-5-6-7-8-9-12-15(18)16(2)13-10-11-14-17-16/h17H,3-14H2,1-2H3. The lowest BCUT2D eigenvalue weighted by molar-refractivity contribution is -0.125. The zero-order valence-corrected chi connectivity index (χ0v) is 12.4. The van der Waals surface area contributed by atoms with Crippen LogP contribution in [-0.2, 0) is 4.79 Å². The van der Waals surface area contributed by atoms with Crippen LogP contribution >= 0.6 is 0 Å². The van der Waals surface area contributed by atoms with Crippen LogP contribution in [-0.4, -0.2) is 17.9 Å². The van der Waals surface area contributed by atoms with E-state index in [1.165, 1.54) is 51.4 Å². The van der Waals surface area contributed by atoms with Crippen LogP contribution in [0.3, 0.4) is 0 Å². The van der Waals surface area contributed by atoms with Crippen LogP contribution in [0.25, 0.3) is 0 Å².